The number of hydrogen-bond acceptors (Lipinski definition) is 4. The highest BCUT2D eigenvalue weighted by molar-refractivity contribution is 5.68. The number of hydrogen-bond donors (Lipinski definition) is 0. The van der Waals surface area contributed by atoms with Crippen LogP contribution in [-0.2, 0) is 11.3 Å². The van der Waals surface area contributed by atoms with Crippen LogP contribution in [0.3, 0.4) is 0 Å². The molecule has 0 N–H and O–H groups in total. The maximum Gasteiger partial charge on any atom is 0.410 e. The zero-order valence-corrected chi connectivity index (χ0v) is 17.3. The van der Waals surface area contributed by atoms with E-state index in [4.69, 9.17) is 4.74 Å². The third-order valence-electron chi connectivity index (χ3n) is 7.23. The van der Waals surface area contributed by atoms with E-state index in [0.717, 1.165) is 31.6 Å². The predicted octanol–water partition coefficient (Wildman–Crippen LogP) is 3.45. The van der Waals surface area contributed by atoms with Gasteiger partial charge >= 0.3 is 6.09 Å². The van der Waals surface area contributed by atoms with E-state index in [-0.39, 0.29) is 6.09 Å². The number of piperidine rings is 2. The zero-order chi connectivity index (χ0) is 19.4. The Morgan fingerprint density at radius 1 is 1.04 bits per heavy atom. The normalized spacial score (nSPS) is 25.9. The number of rotatable bonds is 4. The van der Waals surface area contributed by atoms with Crippen molar-refractivity contribution < 1.29 is 9.53 Å². The minimum atomic E-state index is -0.157. The molecule has 1 spiro atoms. The first-order valence-corrected chi connectivity index (χ1v) is 11.0. The topological polar surface area (TPSA) is 36.0 Å². The van der Waals surface area contributed by atoms with E-state index in [2.05, 4.69) is 16.8 Å². The first-order chi connectivity index (χ1) is 13.6. The molecular weight excluding hydrogens is 350 g/mol. The molecule has 3 aliphatic heterocycles. The molecule has 0 aromatic heterocycles. The highest BCUT2D eigenvalue weighted by Crippen LogP contribution is 2.41. The van der Waals surface area contributed by atoms with Crippen LogP contribution in [0.1, 0.15) is 37.7 Å². The first-order valence-electron chi connectivity index (χ1n) is 11.0. The van der Waals surface area contributed by atoms with Gasteiger partial charge in [0.25, 0.3) is 0 Å². The van der Waals surface area contributed by atoms with Gasteiger partial charge in [-0.1, -0.05) is 30.3 Å². The van der Waals surface area contributed by atoms with Gasteiger partial charge in [0.2, 0.25) is 0 Å². The van der Waals surface area contributed by atoms with Crippen LogP contribution in [0, 0.1) is 11.3 Å². The number of benzene rings is 1. The highest BCUT2D eigenvalue weighted by atomic mass is 16.6. The molecule has 5 heteroatoms. The van der Waals surface area contributed by atoms with E-state index < -0.39 is 0 Å². The molecule has 28 heavy (non-hydrogen) atoms. The third-order valence-corrected chi connectivity index (χ3v) is 7.23. The summed E-state index contributed by atoms with van der Waals surface area (Å²) < 4.78 is 5.50. The van der Waals surface area contributed by atoms with Gasteiger partial charge in [-0.25, -0.2) is 4.79 Å². The van der Waals surface area contributed by atoms with Crippen LogP contribution in [0.25, 0.3) is 0 Å². The van der Waals surface area contributed by atoms with Crippen molar-refractivity contribution in [3.63, 3.8) is 0 Å². The summed E-state index contributed by atoms with van der Waals surface area (Å²) in [5.74, 6) is 0.593. The van der Waals surface area contributed by atoms with Crippen LogP contribution in [0.2, 0.25) is 0 Å². The second-order valence-corrected chi connectivity index (χ2v) is 9.24. The number of carbonyl (C=O) groups is 1. The van der Waals surface area contributed by atoms with Crippen molar-refractivity contribution in [3.8, 4) is 0 Å². The van der Waals surface area contributed by atoms with Crippen LogP contribution >= 0.6 is 0 Å². The van der Waals surface area contributed by atoms with Crippen molar-refractivity contribution in [2.45, 2.75) is 38.7 Å². The van der Waals surface area contributed by atoms with Crippen molar-refractivity contribution in [1.29, 1.82) is 0 Å². The highest BCUT2D eigenvalue weighted by Gasteiger charge is 2.37. The molecule has 3 heterocycles. The molecule has 3 saturated heterocycles. The van der Waals surface area contributed by atoms with E-state index in [0.29, 0.717) is 17.9 Å². The van der Waals surface area contributed by atoms with E-state index >= 15 is 0 Å². The van der Waals surface area contributed by atoms with E-state index in [1.807, 2.05) is 35.2 Å². The maximum atomic E-state index is 12.4. The van der Waals surface area contributed by atoms with E-state index in [1.54, 1.807) is 0 Å². The Bertz CT molecular complexity index is 633. The maximum absolute atomic E-state index is 12.4. The standard InChI is InChI=1S/C23H35N3O2/c1-24-13-8-23(9-14-24)10-15-25(16-11-23)17-21-7-12-26(18-21)22(27)28-19-20-5-3-2-4-6-20/h2-6,21H,7-19H2,1H3. The molecule has 0 bridgehead atoms. The third kappa shape index (κ3) is 4.87. The minimum absolute atomic E-state index is 0.157. The van der Waals surface area contributed by atoms with Crippen LogP contribution < -0.4 is 0 Å². The first kappa shape index (κ1) is 19.7. The Kier molecular flexibility index (Phi) is 6.22. The number of carbonyl (C=O) groups excluding carboxylic acids is 1. The monoisotopic (exact) mass is 385 g/mol. The van der Waals surface area contributed by atoms with Crippen molar-refractivity contribution in [1.82, 2.24) is 14.7 Å². The van der Waals surface area contributed by atoms with Gasteiger partial charge in [0.1, 0.15) is 6.61 Å². The van der Waals surface area contributed by atoms with Crippen LogP contribution in [0.5, 0.6) is 0 Å². The molecule has 1 atom stereocenters. The molecule has 3 fully saturated rings. The molecule has 0 radical (unpaired) electrons. The lowest BCUT2D eigenvalue weighted by Crippen LogP contribution is -2.47. The molecule has 0 saturated carbocycles. The summed E-state index contributed by atoms with van der Waals surface area (Å²) in [5, 5.41) is 0. The van der Waals surface area contributed by atoms with Crippen molar-refractivity contribution >= 4 is 6.09 Å². The number of nitrogens with zero attached hydrogens (tertiary/aromatic N) is 3. The smallest absolute Gasteiger partial charge is 0.410 e. The van der Waals surface area contributed by atoms with Gasteiger partial charge in [0.05, 0.1) is 0 Å². The van der Waals surface area contributed by atoms with Crippen molar-refractivity contribution in [2.24, 2.45) is 11.3 Å². The van der Waals surface area contributed by atoms with Gasteiger partial charge in [0.15, 0.2) is 0 Å². The Hall–Kier alpha value is -1.59. The summed E-state index contributed by atoms with van der Waals surface area (Å²) >= 11 is 0. The predicted molar refractivity (Wildman–Crippen MR) is 111 cm³/mol. The molecule has 5 nitrogen and oxygen atoms in total. The largest absolute Gasteiger partial charge is 0.445 e. The molecule has 1 unspecified atom stereocenters. The number of amides is 1. The Labute approximate surface area is 169 Å². The molecule has 1 amide bonds. The average molecular weight is 386 g/mol. The molecule has 4 rings (SSSR count). The fourth-order valence-corrected chi connectivity index (χ4v) is 5.13. The Balaban J connectivity index is 1.17. The van der Waals surface area contributed by atoms with Crippen LogP contribution in [-0.4, -0.2) is 73.7 Å². The molecule has 3 aliphatic rings. The summed E-state index contributed by atoms with van der Waals surface area (Å²) in [6.07, 6.45) is 6.42. The molecule has 1 aromatic carbocycles. The molecule has 154 valence electrons. The van der Waals surface area contributed by atoms with Crippen molar-refractivity contribution in [3.05, 3.63) is 35.9 Å². The fourth-order valence-electron chi connectivity index (χ4n) is 5.13. The van der Waals surface area contributed by atoms with Crippen LogP contribution in [0.15, 0.2) is 30.3 Å². The van der Waals surface area contributed by atoms with Crippen molar-refractivity contribution in [2.75, 3.05) is 52.9 Å². The lowest BCUT2D eigenvalue weighted by atomic mass is 9.71. The van der Waals surface area contributed by atoms with Gasteiger partial charge in [-0.15, -0.1) is 0 Å². The van der Waals surface area contributed by atoms with E-state index in [9.17, 15) is 4.79 Å². The second-order valence-electron chi connectivity index (χ2n) is 9.24. The molecular formula is C23H35N3O2. The van der Waals surface area contributed by atoms with Gasteiger partial charge in [0, 0.05) is 19.6 Å². The summed E-state index contributed by atoms with van der Waals surface area (Å²) in [6.45, 7) is 8.19. The fraction of sp³-hybridized carbons (Fsp3) is 0.696. The second kappa shape index (κ2) is 8.83. The van der Waals surface area contributed by atoms with Gasteiger partial charge < -0.3 is 19.4 Å². The number of ether oxygens (including phenoxy) is 1. The molecule has 1 aromatic rings. The van der Waals surface area contributed by atoms with E-state index in [1.165, 1.54) is 51.9 Å². The van der Waals surface area contributed by atoms with Gasteiger partial charge in [-0.3, -0.25) is 0 Å². The van der Waals surface area contributed by atoms with Crippen LogP contribution in [0.4, 0.5) is 4.79 Å². The Morgan fingerprint density at radius 2 is 1.71 bits per heavy atom. The minimum Gasteiger partial charge on any atom is -0.445 e. The lowest BCUT2D eigenvalue weighted by molar-refractivity contribution is 0.0375. The number of likely N-dealkylation sites (tertiary alicyclic amines) is 3. The summed E-state index contributed by atoms with van der Waals surface area (Å²) in [7, 11) is 2.25. The Morgan fingerprint density at radius 3 is 2.43 bits per heavy atom. The molecule has 0 aliphatic carbocycles. The quantitative estimate of drug-likeness (QED) is 0.795. The SMILES string of the molecule is CN1CCC2(CC1)CCN(CC1CCN(C(=O)OCc3ccccc3)C1)CC2. The lowest BCUT2D eigenvalue weighted by Gasteiger charge is -2.46. The van der Waals surface area contributed by atoms with Gasteiger partial charge in [-0.2, -0.15) is 0 Å². The average Bonchev–Trinajstić information content (AvgIpc) is 3.20. The summed E-state index contributed by atoms with van der Waals surface area (Å²) in [4.78, 5) is 19.4. The summed E-state index contributed by atoms with van der Waals surface area (Å²) in [5.41, 5.74) is 1.66. The summed E-state index contributed by atoms with van der Waals surface area (Å²) in [6, 6.07) is 9.92. The zero-order valence-electron chi connectivity index (χ0n) is 17.3. The van der Waals surface area contributed by atoms with Gasteiger partial charge in [-0.05, 0) is 82.2 Å².